The second-order valence-electron chi connectivity index (χ2n) is 3.55. The van der Waals surface area contributed by atoms with Gasteiger partial charge in [-0.1, -0.05) is 29.8 Å². The van der Waals surface area contributed by atoms with E-state index >= 15 is 0 Å². The first-order valence-electron chi connectivity index (χ1n) is 5.01. The van der Waals surface area contributed by atoms with Gasteiger partial charge in [-0.15, -0.1) is 0 Å². The fraction of sp³-hybridized carbons (Fsp3) is 0.364. The highest BCUT2D eigenvalue weighted by Gasteiger charge is 2.64. The molecule has 0 aliphatic rings. The van der Waals surface area contributed by atoms with E-state index in [-0.39, 0.29) is 6.42 Å². The van der Waals surface area contributed by atoms with E-state index in [0.29, 0.717) is 10.6 Å². The smallest absolute Gasteiger partial charge is 0.461 e. The van der Waals surface area contributed by atoms with Gasteiger partial charge in [-0.25, -0.2) is 4.79 Å². The second-order valence-corrected chi connectivity index (χ2v) is 3.96. The van der Waals surface area contributed by atoms with Gasteiger partial charge in [0.2, 0.25) is 0 Å². The Bertz CT molecular complexity index is 459. The molecule has 1 aromatic carbocycles. The van der Waals surface area contributed by atoms with Gasteiger partial charge in [-0.3, -0.25) is 0 Å². The number of benzene rings is 1. The van der Waals surface area contributed by atoms with Crippen LogP contribution in [0.1, 0.15) is 5.56 Å². The van der Waals surface area contributed by atoms with Crippen molar-refractivity contribution < 1.29 is 31.5 Å². The number of esters is 1. The van der Waals surface area contributed by atoms with Crippen molar-refractivity contribution >= 4 is 17.6 Å². The first kappa shape index (κ1) is 15.7. The van der Waals surface area contributed by atoms with Crippen molar-refractivity contribution in [3.63, 3.8) is 0 Å². The number of alkyl halides is 5. The molecule has 0 heterocycles. The van der Waals surface area contributed by atoms with Crippen molar-refractivity contribution in [2.45, 2.75) is 18.5 Å². The third kappa shape index (κ3) is 3.79. The summed E-state index contributed by atoms with van der Waals surface area (Å²) in [5.41, 5.74) is 0.479. The van der Waals surface area contributed by atoms with E-state index in [4.69, 9.17) is 11.6 Å². The van der Waals surface area contributed by atoms with Crippen LogP contribution < -0.4 is 0 Å². The molecule has 0 fully saturated rings. The molecule has 0 aliphatic heterocycles. The van der Waals surface area contributed by atoms with Crippen molar-refractivity contribution in [2.75, 3.05) is 6.61 Å². The number of carbonyl (C=O) groups is 1. The van der Waals surface area contributed by atoms with E-state index in [9.17, 15) is 26.7 Å². The van der Waals surface area contributed by atoms with Gasteiger partial charge in [-0.05, 0) is 11.6 Å². The second kappa shape index (κ2) is 5.73. The quantitative estimate of drug-likeness (QED) is 0.627. The molecule has 0 bridgehead atoms. The van der Waals surface area contributed by atoms with Crippen molar-refractivity contribution in [3.05, 3.63) is 34.9 Å². The van der Waals surface area contributed by atoms with E-state index in [1.165, 1.54) is 12.1 Å². The van der Waals surface area contributed by atoms with Gasteiger partial charge in [0.1, 0.15) is 0 Å². The lowest BCUT2D eigenvalue weighted by molar-refractivity contribution is -0.280. The largest absolute Gasteiger partial charge is 0.465 e. The maximum Gasteiger partial charge on any atom is 0.465 e. The van der Waals surface area contributed by atoms with Gasteiger partial charge in [0.25, 0.3) is 0 Å². The Labute approximate surface area is 110 Å². The van der Waals surface area contributed by atoms with Crippen LogP contribution >= 0.6 is 11.6 Å². The number of halogens is 6. The number of hydrogen-bond acceptors (Lipinski definition) is 2. The molecule has 0 aromatic heterocycles. The van der Waals surface area contributed by atoms with E-state index in [1.807, 2.05) is 0 Å². The molecule has 19 heavy (non-hydrogen) atoms. The Hall–Kier alpha value is -1.37. The molecule has 0 unspecified atom stereocenters. The van der Waals surface area contributed by atoms with Crippen molar-refractivity contribution in [2.24, 2.45) is 0 Å². The molecule has 8 heteroatoms. The normalized spacial score (nSPS) is 12.3. The molecule has 0 saturated heterocycles. The number of carbonyl (C=O) groups excluding carboxylic acids is 1. The predicted octanol–water partition coefficient (Wildman–Crippen LogP) is 3.62. The van der Waals surface area contributed by atoms with Crippen molar-refractivity contribution in [3.8, 4) is 0 Å². The summed E-state index contributed by atoms with van der Waals surface area (Å²) < 4.78 is 64.4. The number of rotatable bonds is 4. The molecular weight excluding hydrogens is 295 g/mol. The lowest BCUT2D eigenvalue weighted by atomic mass is 10.2. The van der Waals surface area contributed by atoms with Crippen molar-refractivity contribution in [1.29, 1.82) is 0 Å². The maximum atomic E-state index is 12.5. The molecule has 1 rings (SSSR count). The van der Waals surface area contributed by atoms with Gasteiger partial charge < -0.3 is 4.74 Å². The van der Waals surface area contributed by atoms with Crippen LogP contribution in [0.5, 0.6) is 0 Å². The zero-order valence-electron chi connectivity index (χ0n) is 9.31. The summed E-state index contributed by atoms with van der Waals surface area (Å²) in [6.07, 6.45) is -6.02. The van der Waals surface area contributed by atoms with E-state index in [2.05, 4.69) is 4.74 Å². The first-order valence-corrected chi connectivity index (χ1v) is 5.39. The Kier molecular flexibility index (Phi) is 4.73. The number of ether oxygens (including phenoxy) is 1. The minimum Gasteiger partial charge on any atom is -0.461 e. The van der Waals surface area contributed by atoms with Crippen LogP contribution in [0.4, 0.5) is 22.0 Å². The molecule has 2 nitrogen and oxygen atoms in total. The zero-order chi connectivity index (χ0) is 14.7. The minimum atomic E-state index is -5.96. The lowest BCUT2D eigenvalue weighted by Gasteiger charge is -2.17. The monoisotopic (exact) mass is 302 g/mol. The highest BCUT2D eigenvalue weighted by Crippen LogP contribution is 2.36. The fourth-order valence-electron chi connectivity index (χ4n) is 1.16. The van der Waals surface area contributed by atoms with Crippen LogP contribution in [0.15, 0.2) is 24.3 Å². The van der Waals surface area contributed by atoms with Crippen LogP contribution in [0, 0.1) is 0 Å². The first-order chi connectivity index (χ1) is 8.66. The summed E-state index contributed by atoms with van der Waals surface area (Å²) in [5.74, 6) is -8.12. The lowest BCUT2D eigenvalue weighted by Crippen LogP contribution is -2.45. The standard InChI is InChI=1S/C11H8ClF5O2/c12-8-4-2-1-3-7(8)5-6-19-9(18)10(13,14)11(15,16)17/h1-4H,5-6H2. The topological polar surface area (TPSA) is 26.3 Å². The third-order valence-electron chi connectivity index (χ3n) is 2.17. The zero-order valence-corrected chi connectivity index (χ0v) is 10.1. The van der Waals surface area contributed by atoms with Gasteiger partial charge in [0.05, 0.1) is 6.61 Å². The summed E-state index contributed by atoms with van der Waals surface area (Å²) in [6.45, 7) is -0.617. The predicted molar refractivity (Wildman–Crippen MR) is 57.1 cm³/mol. The highest BCUT2D eigenvalue weighted by atomic mass is 35.5. The SMILES string of the molecule is O=C(OCCc1ccccc1Cl)C(F)(F)C(F)(F)F. The fourth-order valence-corrected chi connectivity index (χ4v) is 1.39. The van der Waals surface area contributed by atoms with Gasteiger partial charge in [0, 0.05) is 11.4 Å². The molecule has 1 aromatic rings. The van der Waals surface area contributed by atoms with Gasteiger partial charge >= 0.3 is 18.1 Å². The number of hydrogen-bond donors (Lipinski definition) is 0. The van der Waals surface area contributed by atoms with Gasteiger partial charge in [-0.2, -0.15) is 22.0 Å². The summed E-state index contributed by atoms with van der Waals surface area (Å²) in [4.78, 5) is 10.7. The molecule has 0 radical (unpaired) electrons. The molecule has 106 valence electrons. The average Bonchev–Trinajstić information content (AvgIpc) is 2.30. The van der Waals surface area contributed by atoms with Crippen LogP contribution in [0.2, 0.25) is 5.02 Å². The Balaban J connectivity index is 2.55. The van der Waals surface area contributed by atoms with E-state index in [0.717, 1.165) is 0 Å². The third-order valence-corrected chi connectivity index (χ3v) is 2.54. The molecule has 0 spiro atoms. The highest BCUT2D eigenvalue weighted by molar-refractivity contribution is 6.31. The molecule has 0 amide bonds. The maximum absolute atomic E-state index is 12.5. The Morgan fingerprint density at radius 2 is 1.74 bits per heavy atom. The Morgan fingerprint density at radius 3 is 2.26 bits per heavy atom. The Morgan fingerprint density at radius 1 is 1.16 bits per heavy atom. The minimum absolute atomic E-state index is 0.0562. The van der Waals surface area contributed by atoms with E-state index in [1.54, 1.807) is 12.1 Å². The van der Waals surface area contributed by atoms with Crippen LogP contribution in [-0.2, 0) is 16.0 Å². The molecule has 0 aliphatic carbocycles. The van der Waals surface area contributed by atoms with Crippen molar-refractivity contribution in [1.82, 2.24) is 0 Å². The summed E-state index contributed by atoms with van der Waals surface area (Å²) >= 11 is 5.73. The molecule has 0 N–H and O–H groups in total. The van der Waals surface area contributed by atoms with Gasteiger partial charge in [0.15, 0.2) is 0 Å². The molecule has 0 saturated carbocycles. The molecular formula is C11H8ClF5O2. The average molecular weight is 303 g/mol. The van der Waals surface area contributed by atoms with Crippen LogP contribution in [0.3, 0.4) is 0 Å². The van der Waals surface area contributed by atoms with E-state index < -0.39 is 24.7 Å². The van der Waals surface area contributed by atoms with Crippen LogP contribution in [-0.4, -0.2) is 24.7 Å². The summed E-state index contributed by atoms with van der Waals surface area (Å²) in [7, 11) is 0. The summed E-state index contributed by atoms with van der Waals surface area (Å²) in [6, 6.07) is 6.28. The van der Waals surface area contributed by atoms with Crippen LogP contribution in [0.25, 0.3) is 0 Å². The molecule has 0 atom stereocenters. The summed E-state index contributed by atoms with van der Waals surface area (Å²) in [5, 5.41) is 0.307.